The summed E-state index contributed by atoms with van der Waals surface area (Å²) in [7, 11) is -1.81. The van der Waals surface area contributed by atoms with E-state index in [-0.39, 0.29) is 24.0 Å². The number of aliphatic imine (C=N–C) groups is 2. The molecule has 0 radical (unpaired) electrons. The summed E-state index contributed by atoms with van der Waals surface area (Å²) in [5.74, 6) is 0.338. The van der Waals surface area contributed by atoms with E-state index in [1.54, 1.807) is 0 Å². The second-order valence-corrected chi connectivity index (χ2v) is 5.97. The summed E-state index contributed by atoms with van der Waals surface area (Å²) in [6.45, 7) is 2.46. The normalized spacial score (nSPS) is 15.2. The van der Waals surface area contributed by atoms with E-state index in [1.165, 1.54) is 25.1 Å². The minimum absolute atomic E-state index is 0.0343. The molecule has 0 aliphatic rings. The zero-order valence-corrected chi connectivity index (χ0v) is 14.7. The smallest absolute Gasteiger partial charge is 0.392 e. The van der Waals surface area contributed by atoms with E-state index in [0.29, 0.717) is 0 Å². The van der Waals surface area contributed by atoms with Crippen molar-refractivity contribution in [2.75, 3.05) is 34.0 Å². The maximum Gasteiger partial charge on any atom is 0.469 e. The number of aromatic nitrogens is 2. The maximum absolute atomic E-state index is 10.8. The Morgan fingerprint density at radius 1 is 1.52 bits per heavy atom. The van der Waals surface area contributed by atoms with Gasteiger partial charge in [-0.15, -0.1) is 0 Å². The van der Waals surface area contributed by atoms with Crippen molar-refractivity contribution in [3.8, 4) is 0 Å². The summed E-state index contributed by atoms with van der Waals surface area (Å²) in [4.78, 5) is 29.3. The Labute approximate surface area is 144 Å². The molecular weight excluding hydrogens is 357 g/mol. The number of nitrogens with two attached hydrogens (primary N) is 1. The molecular formula is C12H22N5O7P. The van der Waals surface area contributed by atoms with E-state index in [9.17, 15) is 9.67 Å². The number of amidine groups is 1. The third-order valence-electron chi connectivity index (χ3n) is 3.00. The number of rotatable bonds is 11. The van der Waals surface area contributed by atoms with Gasteiger partial charge in [0.25, 0.3) is 0 Å². The SMILES string of the molecule is C=Nc1c(/C(N)=N\C)ncn1[C@@H](CO)O[C@@H](COC)COP(=O)(O)O. The summed E-state index contributed by atoms with van der Waals surface area (Å²) in [6.07, 6.45) is -0.547. The van der Waals surface area contributed by atoms with Crippen molar-refractivity contribution in [2.24, 2.45) is 15.7 Å². The van der Waals surface area contributed by atoms with E-state index in [0.717, 1.165) is 0 Å². The van der Waals surface area contributed by atoms with Crippen molar-refractivity contribution in [1.29, 1.82) is 0 Å². The van der Waals surface area contributed by atoms with Crippen molar-refractivity contribution < 1.29 is 33.5 Å². The summed E-state index contributed by atoms with van der Waals surface area (Å²) in [5.41, 5.74) is 5.99. The Morgan fingerprint density at radius 2 is 2.20 bits per heavy atom. The van der Waals surface area contributed by atoms with Gasteiger partial charge in [0.15, 0.2) is 12.0 Å². The first-order valence-corrected chi connectivity index (χ1v) is 8.51. The van der Waals surface area contributed by atoms with Gasteiger partial charge in [-0.2, -0.15) is 0 Å². The molecule has 0 bridgehead atoms. The average molecular weight is 379 g/mol. The number of hydrogen-bond acceptors (Lipinski definition) is 8. The lowest BCUT2D eigenvalue weighted by molar-refractivity contribution is -0.114. The third kappa shape index (κ3) is 6.29. The van der Waals surface area contributed by atoms with Gasteiger partial charge in [-0.1, -0.05) is 0 Å². The molecule has 1 rings (SSSR count). The minimum Gasteiger partial charge on any atom is -0.392 e. The molecule has 0 amide bonds. The summed E-state index contributed by atoms with van der Waals surface area (Å²) < 4.78 is 27.2. The van der Waals surface area contributed by atoms with E-state index < -0.39 is 33.4 Å². The maximum atomic E-state index is 10.8. The van der Waals surface area contributed by atoms with Crippen LogP contribution in [0.15, 0.2) is 16.3 Å². The minimum atomic E-state index is -4.67. The summed E-state index contributed by atoms with van der Waals surface area (Å²) >= 11 is 0. The van der Waals surface area contributed by atoms with Crippen LogP contribution in [0.1, 0.15) is 11.9 Å². The Bertz CT molecular complexity index is 644. The number of methoxy groups -OCH3 is 1. The lowest BCUT2D eigenvalue weighted by Crippen LogP contribution is -2.30. The molecule has 0 fully saturated rings. The molecule has 0 saturated heterocycles. The number of phosphoric acid groups is 1. The van der Waals surface area contributed by atoms with E-state index in [1.807, 2.05) is 0 Å². The molecule has 13 heteroatoms. The van der Waals surface area contributed by atoms with Gasteiger partial charge in [0.2, 0.25) is 0 Å². The first-order valence-electron chi connectivity index (χ1n) is 6.98. The number of imidazole rings is 1. The fraction of sp³-hybridized carbons (Fsp3) is 0.583. The molecule has 0 aliphatic heterocycles. The van der Waals surface area contributed by atoms with Crippen LogP contribution in [0.25, 0.3) is 0 Å². The number of aliphatic hydroxyl groups is 1. The van der Waals surface area contributed by atoms with Gasteiger partial charge in [0.05, 0.1) is 26.1 Å². The lowest BCUT2D eigenvalue weighted by Gasteiger charge is -2.24. The molecule has 0 saturated carbocycles. The number of nitrogens with zero attached hydrogens (tertiary/aromatic N) is 4. The highest BCUT2D eigenvalue weighted by Crippen LogP contribution is 2.36. The van der Waals surface area contributed by atoms with E-state index in [4.69, 9.17) is 25.0 Å². The van der Waals surface area contributed by atoms with Crippen molar-refractivity contribution >= 4 is 26.2 Å². The fourth-order valence-electron chi connectivity index (χ4n) is 1.92. The van der Waals surface area contributed by atoms with Gasteiger partial charge < -0.3 is 30.1 Å². The van der Waals surface area contributed by atoms with Gasteiger partial charge in [-0.25, -0.2) is 14.5 Å². The number of phosphoric ester groups is 1. The molecule has 0 unspecified atom stereocenters. The van der Waals surface area contributed by atoms with Gasteiger partial charge in [0, 0.05) is 14.2 Å². The Kier molecular flexibility index (Phi) is 8.32. The van der Waals surface area contributed by atoms with Gasteiger partial charge in [0.1, 0.15) is 17.6 Å². The first kappa shape index (κ1) is 21.4. The van der Waals surface area contributed by atoms with Crippen LogP contribution >= 0.6 is 7.82 Å². The highest BCUT2D eigenvalue weighted by atomic mass is 31.2. The molecule has 0 aromatic carbocycles. The van der Waals surface area contributed by atoms with Crippen LogP contribution in [-0.2, 0) is 18.6 Å². The second kappa shape index (κ2) is 9.73. The van der Waals surface area contributed by atoms with Crippen molar-refractivity contribution in [2.45, 2.75) is 12.3 Å². The van der Waals surface area contributed by atoms with Crippen LogP contribution in [0.4, 0.5) is 5.82 Å². The van der Waals surface area contributed by atoms with Crippen LogP contribution in [0.3, 0.4) is 0 Å². The molecule has 2 atom stereocenters. The Hall–Kier alpha value is -1.66. The predicted octanol–water partition coefficient (Wildman–Crippen LogP) is -0.818. The van der Waals surface area contributed by atoms with Gasteiger partial charge in [-0.05, 0) is 6.72 Å². The topological polar surface area (TPSA) is 174 Å². The van der Waals surface area contributed by atoms with Crippen molar-refractivity contribution in [1.82, 2.24) is 9.55 Å². The number of hydrogen-bond donors (Lipinski definition) is 4. The van der Waals surface area contributed by atoms with Crippen molar-refractivity contribution in [3.63, 3.8) is 0 Å². The largest absolute Gasteiger partial charge is 0.469 e. The van der Waals surface area contributed by atoms with Crippen LogP contribution in [0.2, 0.25) is 0 Å². The second-order valence-electron chi connectivity index (χ2n) is 4.73. The molecule has 0 aliphatic carbocycles. The molecule has 1 heterocycles. The Morgan fingerprint density at radius 3 is 2.68 bits per heavy atom. The lowest BCUT2D eigenvalue weighted by atomic mass is 10.3. The molecule has 25 heavy (non-hydrogen) atoms. The molecule has 1 aromatic rings. The number of aliphatic hydroxyl groups excluding tert-OH is 1. The van der Waals surface area contributed by atoms with E-state index >= 15 is 0 Å². The molecule has 142 valence electrons. The number of ether oxygens (including phenoxy) is 2. The average Bonchev–Trinajstić information content (AvgIpc) is 2.99. The quantitative estimate of drug-likeness (QED) is 0.217. The monoisotopic (exact) mass is 379 g/mol. The Balaban J connectivity index is 3.02. The molecule has 12 nitrogen and oxygen atoms in total. The van der Waals surface area contributed by atoms with Gasteiger partial charge in [-0.3, -0.25) is 14.1 Å². The van der Waals surface area contributed by atoms with Crippen LogP contribution in [-0.4, -0.2) is 77.1 Å². The van der Waals surface area contributed by atoms with Crippen LogP contribution in [0.5, 0.6) is 0 Å². The predicted molar refractivity (Wildman–Crippen MR) is 89.0 cm³/mol. The third-order valence-corrected chi connectivity index (χ3v) is 3.48. The highest BCUT2D eigenvalue weighted by Gasteiger charge is 2.25. The molecule has 5 N–H and O–H groups in total. The van der Waals surface area contributed by atoms with Gasteiger partial charge >= 0.3 is 7.82 Å². The van der Waals surface area contributed by atoms with Crippen LogP contribution < -0.4 is 5.73 Å². The summed E-state index contributed by atoms with van der Waals surface area (Å²) in [5, 5.41) is 9.62. The highest BCUT2D eigenvalue weighted by molar-refractivity contribution is 7.46. The summed E-state index contributed by atoms with van der Waals surface area (Å²) in [6, 6.07) is 0. The molecule has 0 spiro atoms. The zero-order chi connectivity index (χ0) is 19.0. The molecule has 1 aromatic heterocycles. The fourth-order valence-corrected chi connectivity index (χ4v) is 2.28. The first-order chi connectivity index (χ1) is 11.8. The standard InChI is InChI=1S/C12H22N5O7P/c1-14-11(13)10-12(15-2)17(7-16-10)9(4-18)24-8(5-22-3)6-23-25(19,20)21/h7-9,18H,2,4-6H2,1,3H3,(H2,13,14)(H2,19,20,21)/t8-,9+/m0/s1. The van der Waals surface area contributed by atoms with E-state index in [2.05, 4.69) is 26.2 Å². The van der Waals surface area contributed by atoms with Crippen LogP contribution in [0, 0.1) is 0 Å². The van der Waals surface area contributed by atoms with Crippen molar-refractivity contribution in [3.05, 3.63) is 12.0 Å². The zero-order valence-electron chi connectivity index (χ0n) is 13.8.